The normalized spacial score (nSPS) is 27.2. The molecule has 0 bridgehead atoms. The number of rotatable bonds is 1. The molecule has 26 heavy (non-hydrogen) atoms. The first-order valence-corrected chi connectivity index (χ1v) is 10.4. The number of likely N-dealkylation sites (tertiary alicyclic amines) is 2. The van der Waals surface area contributed by atoms with Gasteiger partial charge in [-0.1, -0.05) is 25.8 Å². The van der Waals surface area contributed by atoms with Gasteiger partial charge >= 0.3 is 12.1 Å². The number of carbonyl (C=O) groups is 2. The van der Waals surface area contributed by atoms with Crippen molar-refractivity contribution >= 4 is 12.1 Å². The highest BCUT2D eigenvalue weighted by Gasteiger charge is 2.52. The van der Waals surface area contributed by atoms with Gasteiger partial charge in [-0.15, -0.1) is 0 Å². The molecule has 4 aliphatic rings. The maximum Gasteiger partial charge on any atom is 0.415 e. The van der Waals surface area contributed by atoms with E-state index in [9.17, 15) is 9.59 Å². The summed E-state index contributed by atoms with van der Waals surface area (Å²) >= 11 is 0. The molecule has 1 spiro atoms. The summed E-state index contributed by atoms with van der Waals surface area (Å²) in [5.74, 6) is 0. The van der Waals surface area contributed by atoms with Gasteiger partial charge in [-0.2, -0.15) is 0 Å². The Hall–Kier alpha value is -1.72. The van der Waals surface area contributed by atoms with Crippen LogP contribution in [-0.4, -0.2) is 64.6 Å². The van der Waals surface area contributed by atoms with Crippen LogP contribution in [0.25, 0.3) is 0 Å². The fourth-order valence-electron chi connectivity index (χ4n) is 5.05. The molecule has 3 amide bonds. The molecule has 144 valence electrons. The highest BCUT2D eigenvalue weighted by Crippen LogP contribution is 2.43. The topological polar surface area (TPSA) is 53.1 Å². The Bertz CT molecular complexity index is 571. The molecule has 1 saturated carbocycles. The van der Waals surface area contributed by atoms with Gasteiger partial charge in [0.05, 0.1) is 5.70 Å². The van der Waals surface area contributed by atoms with Gasteiger partial charge in [0.25, 0.3) is 0 Å². The van der Waals surface area contributed by atoms with Crippen molar-refractivity contribution in [1.29, 1.82) is 0 Å². The molecule has 6 nitrogen and oxygen atoms in total. The van der Waals surface area contributed by atoms with E-state index in [0.29, 0.717) is 25.9 Å². The number of carbonyl (C=O) groups excluding carboxylic acids is 2. The predicted molar refractivity (Wildman–Crippen MR) is 98.7 cm³/mol. The molecular weight excluding hydrogens is 330 g/mol. The van der Waals surface area contributed by atoms with Crippen molar-refractivity contribution in [3.05, 3.63) is 12.3 Å². The summed E-state index contributed by atoms with van der Waals surface area (Å²) in [4.78, 5) is 31.0. The van der Waals surface area contributed by atoms with Gasteiger partial charge in [0, 0.05) is 45.1 Å². The van der Waals surface area contributed by atoms with E-state index in [0.717, 1.165) is 44.5 Å². The summed E-state index contributed by atoms with van der Waals surface area (Å²) < 4.78 is 5.88. The highest BCUT2D eigenvalue weighted by molar-refractivity contribution is 5.77. The van der Waals surface area contributed by atoms with Crippen molar-refractivity contribution in [2.75, 3.05) is 26.2 Å². The number of hydrogen-bond donors (Lipinski definition) is 0. The molecule has 0 unspecified atom stereocenters. The van der Waals surface area contributed by atoms with E-state index < -0.39 is 5.60 Å². The van der Waals surface area contributed by atoms with Crippen LogP contribution in [0.2, 0.25) is 0 Å². The average Bonchev–Trinajstić information content (AvgIpc) is 2.93. The first kappa shape index (κ1) is 17.7. The minimum absolute atomic E-state index is 0.152. The molecule has 0 aromatic heterocycles. The third kappa shape index (κ3) is 3.08. The van der Waals surface area contributed by atoms with E-state index in [4.69, 9.17) is 4.74 Å². The van der Waals surface area contributed by atoms with E-state index in [1.165, 1.54) is 25.7 Å². The third-order valence-electron chi connectivity index (χ3n) is 6.70. The van der Waals surface area contributed by atoms with Crippen LogP contribution in [0.4, 0.5) is 9.59 Å². The van der Waals surface area contributed by atoms with Crippen LogP contribution < -0.4 is 0 Å². The molecule has 6 heteroatoms. The molecule has 1 aliphatic carbocycles. The summed E-state index contributed by atoms with van der Waals surface area (Å²) in [5, 5.41) is 0. The first-order chi connectivity index (χ1) is 12.6. The van der Waals surface area contributed by atoms with Crippen LogP contribution in [0, 0.1) is 0 Å². The Morgan fingerprint density at radius 2 is 1.50 bits per heavy atom. The van der Waals surface area contributed by atoms with Crippen LogP contribution >= 0.6 is 0 Å². The lowest BCUT2D eigenvalue weighted by Crippen LogP contribution is -2.52. The molecule has 3 heterocycles. The van der Waals surface area contributed by atoms with Gasteiger partial charge in [-0.25, -0.2) is 9.59 Å². The molecule has 0 aromatic rings. The summed E-state index contributed by atoms with van der Waals surface area (Å²) in [6.45, 7) is 7.29. The van der Waals surface area contributed by atoms with Crippen LogP contribution in [-0.2, 0) is 4.74 Å². The number of amides is 3. The van der Waals surface area contributed by atoms with Gasteiger partial charge in [0.1, 0.15) is 0 Å². The zero-order valence-electron chi connectivity index (χ0n) is 15.8. The SMILES string of the molecule is C=C1N(C2CCCCC2)C(=O)OC12CCN(C(=O)N1CCCCC1)CC2. The number of hydrogen-bond acceptors (Lipinski definition) is 3. The van der Waals surface area contributed by atoms with Gasteiger partial charge in [-0.3, -0.25) is 4.90 Å². The van der Waals surface area contributed by atoms with Crippen LogP contribution in [0.15, 0.2) is 12.3 Å². The fourth-order valence-corrected chi connectivity index (χ4v) is 5.05. The Morgan fingerprint density at radius 3 is 2.15 bits per heavy atom. The summed E-state index contributed by atoms with van der Waals surface area (Å²) in [6.07, 6.45) is 10.2. The maximum atomic E-state index is 12.7. The third-order valence-corrected chi connectivity index (χ3v) is 6.70. The standard InChI is InChI=1S/C20H31N3O3/c1-16-20(26-19(25)23(16)17-8-4-2-5-9-17)10-14-22(15-11-20)18(24)21-12-6-3-7-13-21/h17H,1-15H2. The van der Waals surface area contributed by atoms with Crippen LogP contribution in [0.3, 0.4) is 0 Å². The van der Waals surface area contributed by atoms with Crippen molar-refractivity contribution < 1.29 is 14.3 Å². The van der Waals surface area contributed by atoms with Crippen LogP contribution in [0.5, 0.6) is 0 Å². The molecule has 4 fully saturated rings. The molecule has 4 rings (SSSR count). The second-order valence-corrected chi connectivity index (χ2v) is 8.29. The van der Waals surface area contributed by atoms with Crippen molar-refractivity contribution in [2.45, 2.75) is 75.9 Å². The van der Waals surface area contributed by atoms with E-state index in [2.05, 4.69) is 6.58 Å². The minimum atomic E-state index is -0.590. The van der Waals surface area contributed by atoms with E-state index in [1.807, 2.05) is 14.7 Å². The smallest absolute Gasteiger partial charge is 0.415 e. The van der Waals surface area contributed by atoms with E-state index in [-0.39, 0.29) is 18.2 Å². The molecule has 0 aromatic carbocycles. The van der Waals surface area contributed by atoms with Crippen molar-refractivity contribution in [3.8, 4) is 0 Å². The largest absolute Gasteiger partial charge is 0.436 e. The Labute approximate surface area is 156 Å². The summed E-state index contributed by atoms with van der Waals surface area (Å²) in [6, 6.07) is 0.398. The predicted octanol–water partition coefficient (Wildman–Crippen LogP) is 3.73. The number of nitrogens with zero attached hydrogens (tertiary/aromatic N) is 3. The first-order valence-electron chi connectivity index (χ1n) is 10.4. The van der Waals surface area contributed by atoms with Gasteiger partial charge in [0.15, 0.2) is 5.60 Å². The molecule has 0 radical (unpaired) electrons. The zero-order valence-corrected chi connectivity index (χ0v) is 15.8. The Balaban J connectivity index is 1.39. The summed E-state index contributed by atoms with van der Waals surface area (Å²) in [7, 11) is 0. The van der Waals surface area contributed by atoms with Gasteiger partial charge in [0.2, 0.25) is 0 Å². The lowest BCUT2D eigenvalue weighted by atomic mass is 9.87. The van der Waals surface area contributed by atoms with E-state index in [1.54, 1.807) is 0 Å². The quantitative estimate of drug-likeness (QED) is 0.715. The summed E-state index contributed by atoms with van der Waals surface area (Å²) in [5.41, 5.74) is 0.243. The zero-order chi connectivity index (χ0) is 18.1. The van der Waals surface area contributed by atoms with Crippen molar-refractivity contribution in [2.24, 2.45) is 0 Å². The fraction of sp³-hybridized carbons (Fsp3) is 0.800. The second-order valence-electron chi connectivity index (χ2n) is 8.29. The highest BCUT2D eigenvalue weighted by atomic mass is 16.6. The number of ether oxygens (including phenoxy) is 1. The monoisotopic (exact) mass is 361 g/mol. The number of urea groups is 1. The second kappa shape index (κ2) is 7.12. The van der Waals surface area contributed by atoms with Crippen LogP contribution in [0.1, 0.15) is 64.2 Å². The van der Waals surface area contributed by atoms with E-state index >= 15 is 0 Å². The van der Waals surface area contributed by atoms with Crippen molar-refractivity contribution in [3.63, 3.8) is 0 Å². The average molecular weight is 361 g/mol. The Kier molecular flexibility index (Phi) is 4.84. The minimum Gasteiger partial charge on any atom is -0.436 e. The van der Waals surface area contributed by atoms with Crippen molar-refractivity contribution in [1.82, 2.24) is 14.7 Å². The Morgan fingerprint density at radius 1 is 0.923 bits per heavy atom. The number of piperidine rings is 2. The molecule has 0 N–H and O–H groups in total. The van der Waals surface area contributed by atoms with Gasteiger partial charge < -0.3 is 14.5 Å². The maximum absolute atomic E-state index is 12.7. The molecule has 3 aliphatic heterocycles. The lowest BCUT2D eigenvalue weighted by molar-refractivity contribution is 0.0187. The molecule has 0 atom stereocenters. The molecule has 3 saturated heterocycles. The van der Waals surface area contributed by atoms with Gasteiger partial charge in [-0.05, 0) is 32.1 Å². The molecular formula is C20H31N3O3. The lowest BCUT2D eigenvalue weighted by Gasteiger charge is -2.41.